The van der Waals surface area contributed by atoms with Crippen molar-refractivity contribution < 1.29 is 23.6 Å². The van der Waals surface area contributed by atoms with Crippen molar-refractivity contribution in [2.75, 3.05) is 7.11 Å². The minimum Gasteiger partial charge on any atom is -0.465 e. The van der Waals surface area contributed by atoms with Crippen LogP contribution in [-0.4, -0.2) is 23.0 Å². The first kappa shape index (κ1) is 15.4. The second-order valence-corrected chi connectivity index (χ2v) is 4.30. The number of hydrogen-bond donors (Lipinski definition) is 0. The molecule has 0 atom stereocenters. The van der Waals surface area contributed by atoms with Crippen molar-refractivity contribution in [3.8, 4) is 11.6 Å². The molecule has 7 nitrogen and oxygen atoms in total. The maximum atomic E-state index is 13.3. The van der Waals surface area contributed by atoms with Gasteiger partial charge in [0.05, 0.1) is 12.0 Å². The van der Waals surface area contributed by atoms with E-state index >= 15 is 0 Å². The van der Waals surface area contributed by atoms with Crippen LogP contribution in [0.4, 0.5) is 10.1 Å². The van der Waals surface area contributed by atoms with Crippen LogP contribution in [-0.2, 0) is 4.74 Å². The predicted octanol–water partition coefficient (Wildman–Crippen LogP) is 3.02. The number of nitro groups is 1. The summed E-state index contributed by atoms with van der Waals surface area (Å²) in [6.07, 6.45) is 1.03. The van der Waals surface area contributed by atoms with Crippen molar-refractivity contribution in [3.63, 3.8) is 0 Å². The summed E-state index contributed by atoms with van der Waals surface area (Å²) in [7, 11) is 1.18. The molecular weight excluding hydrogens is 295 g/mol. The Bertz CT molecular complexity index is 748. The van der Waals surface area contributed by atoms with E-state index in [1.807, 2.05) is 0 Å². The Balaban J connectivity index is 2.38. The zero-order valence-corrected chi connectivity index (χ0v) is 11.7. The number of pyridine rings is 1. The van der Waals surface area contributed by atoms with Crippen molar-refractivity contribution in [2.45, 2.75) is 6.92 Å². The van der Waals surface area contributed by atoms with Gasteiger partial charge in [0.25, 0.3) is 5.69 Å². The third kappa shape index (κ3) is 3.17. The molecule has 114 valence electrons. The fourth-order valence-electron chi connectivity index (χ4n) is 1.74. The first-order valence-electron chi connectivity index (χ1n) is 6.09. The van der Waals surface area contributed by atoms with Crippen LogP contribution in [0, 0.1) is 22.9 Å². The number of carbonyl (C=O) groups excluding carboxylic acids is 1. The number of aryl methyl sites for hydroxylation is 1. The molecule has 0 spiro atoms. The highest BCUT2D eigenvalue weighted by atomic mass is 19.1. The number of carbonyl (C=O) groups is 1. The lowest BCUT2D eigenvalue weighted by atomic mass is 10.2. The number of benzene rings is 1. The molecule has 0 saturated carbocycles. The highest BCUT2D eigenvalue weighted by Gasteiger charge is 2.17. The molecule has 1 aromatic heterocycles. The van der Waals surface area contributed by atoms with Crippen LogP contribution in [0.1, 0.15) is 15.9 Å². The molecule has 0 saturated heterocycles. The molecule has 0 aliphatic carbocycles. The standard InChI is InChI=1S/C14H11FN2O5/c1-8-5-13(16-7-11(8)17(19)20)22-12-6-9(15)3-4-10(12)14(18)21-2/h3-7H,1-2H3. The van der Waals surface area contributed by atoms with Gasteiger partial charge in [-0.3, -0.25) is 10.1 Å². The Kier molecular flexibility index (Phi) is 4.31. The average Bonchev–Trinajstić information content (AvgIpc) is 2.46. The Hall–Kier alpha value is -3.03. The lowest BCUT2D eigenvalue weighted by Crippen LogP contribution is -2.04. The van der Waals surface area contributed by atoms with E-state index in [9.17, 15) is 19.3 Å². The number of methoxy groups -OCH3 is 1. The van der Waals surface area contributed by atoms with Gasteiger partial charge in [-0.1, -0.05) is 0 Å². The van der Waals surface area contributed by atoms with Crippen molar-refractivity contribution >= 4 is 11.7 Å². The summed E-state index contributed by atoms with van der Waals surface area (Å²) in [4.78, 5) is 25.5. The van der Waals surface area contributed by atoms with Gasteiger partial charge in [-0.05, 0) is 19.1 Å². The van der Waals surface area contributed by atoms with Crippen LogP contribution in [0.5, 0.6) is 11.6 Å². The van der Waals surface area contributed by atoms with E-state index < -0.39 is 16.7 Å². The third-order valence-electron chi connectivity index (χ3n) is 2.82. The topological polar surface area (TPSA) is 91.6 Å². The number of ether oxygens (including phenoxy) is 2. The average molecular weight is 306 g/mol. The molecule has 8 heteroatoms. The Morgan fingerprint density at radius 2 is 2.09 bits per heavy atom. The van der Waals surface area contributed by atoms with Gasteiger partial charge in [0, 0.05) is 17.7 Å². The van der Waals surface area contributed by atoms with Gasteiger partial charge in [0.2, 0.25) is 5.88 Å². The van der Waals surface area contributed by atoms with Gasteiger partial charge in [0.1, 0.15) is 23.3 Å². The lowest BCUT2D eigenvalue weighted by Gasteiger charge is -2.09. The Labute approximate surface area is 124 Å². The molecule has 0 bridgehead atoms. The maximum absolute atomic E-state index is 13.3. The second-order valence-electron chi connectivity index (χ2n) is 4.30. The molecule has 2 aromatic rings. The monoisotopic (exact) mass is 306 g/mol. The summed E-state index contributed by atoms with van der Waals surface area (Å²) in [5, 5.41) is 10.7. The molecule has 22 heavy (non-hydrogen) atoms. The van der Waals surface area contributed by atoms with E-state index in [2.05, 4.69) is 9.72 Å². The van der Waals surface area contributed by atoms with Gasteiger partial charge in [0.15, 0.2) is 0 Å². The second kappa shape index (κ2) is 6.17. The van der Waals surface area contributed by atoms with Crippen LogP contribution in [0.3, 0.4) is 0 Å². The van der Waals surface area contributed by atoms with Crippen molar-refractivity contribution in [1.82, 2.24) is 4.98 Å². The van der Waals surface area contributed by atoms with Gasteiger partial charge in [-0.15, -0.1) is 0 Å². The predicted molar refractivity (Wildman–Crippen MR) is 73.4 cm³/mol. The minimum absolute atomic E-state index is 0.00106. The normalized spacial score (nSPS) is 10.1. The summed E-state index contributed by atoms with van der Waals surface area (Å²) in [6, 6.07) is 4.64. The molecule has 2 rings (SSSR count). The fourth-order valence-corrected chi connectivity index (χ4v) is 1.74. The Morgan fingerprint density at radius 3 is 2.68 bits per heavy atom. The molecule has 0 radical (unpaired) electrons. The van der Waals surface area contributed by atoms with Crippen molar-refractivity contribution in [2.24, 2.45) is 0 Å². The number of rotatable bonds is 4. The number of halogens is 1. The molecule has 0 amide bonds. The summed E-state index contributed by atoms with van der Waals surface area (Å²) < 4.78 is 23.3. The first-order valence-corrected chi connectivity index (χ1v) is 6.09. The summed E-state index contributed by atoms with van der Waals surface area (Å²) >= 11 is 0. The zero-order valence-electron chi connectivity index (χ0n) is 11.7. The molecule has 0 aliphatic rings. The number of hydrogen-bond acceptors (Lipinski definition) is 6. The summed E-state index contributed by atoms with van der Waals surface area (Å²) in [5.74, 6) is -1.40. The largest absolute Gasteiger partial charge is 0.465 e. The maximum Gasteiger partial charge on any atom is 0.341 e. The first-order chi connectivity index (χ1) is 10.4. The van der Waals surface area contributed by atoms with E-state index in [1.165, 1.54) is 26.2 Å². The molecule has 0 aliphatic heterocycles. The van der Waals surface area contributed by atoms with Crippen LogP contribution >= 0.6 is 0 Å². The van der Waals surface area contributed by atoms with E-state index in [0.717, 1.165) is 18.3 Å². The van der Waals surface area contributed by atoms with Crippen molar-refractivity contribution in [1.29, 1.82) is 0 Å². The van der Waals surface area contributed by atoms with Gasteiger partial charge >= 0.3 is 5.97 Å². The number of nitrogens with zero attached hydrogens (tertiary/aromatic N) is 2. The quantitative estimate of drug-likeness (QED) is 0.490. The summed E-state index contributed by atoms with van der Waals surface area (Å²) in [6.45, 7) is 1.51. The van der Waals surface area contributed by atoms with Crippen LogP contribution in [0.25, 0.3) is 0 Å². The highest BCUT2D eigenvalue weighted by molar-refractivity contribution is 5.92. The van der Waals surface area contributed by atoms with Crippen LogP contribution in [0.2, 0.25) is 0 Å². The van der Waals surface area contributed by atoms with Gasteiger partial charge in [-0.2, -0.15) is 0 Å². The third-order valence-corrected chi connectivity index (χ3v) is 2.82. The van der Waals surface area contributed by atoms with E-state index in [0.29, 0.717) is 5.56 Å². The van der Waals surface area contributed by atoms with Gasteiger partial charge < -0.3 is 9.47 Å². The SMILES string of the molecule is COC(=O)c1ccc(F)cc1Oc1cc(C)c([N+](=O)[O-])cn1. The van der Waals surface area contributed by atoms with Gasteiger partial charge in [-0.25, -0.2) is 14.2 Å². The van der Waals surface area contributed by atoms with Crippen LogP contribution in [0.15, 0.2) is 30.5 Å². The smallest absolute Gasteiger partial charge is 0.341 e. The highest BCUT2D eigenvalue weighted by Crippen LogP contribution is 2.28. The zero-order chi connectivity index (χ0) is 16.3. The number of esters is 1. The molecule has 0 N–H and O–H groups in total. The summed E-state index contributed by atoms with van der Waals surface area (Å²) in [5.41, 5.74) is 0.174. The number of aromatic nitrogens is 1. The molecule has 0 unspecified atom stereocenters. The fraction of sp³-hybridized carbons (Fsp3) is 0.143. The molecule has 0 fully saturated rings. The molecule has 1 aromatic carbocycles. The lowest BCUT2D eigenvalue weighted by molar-refractivity contribution is -0.385. The Morgan fingerprint density at radius 1 is 1.36 bits per heavy atom. The molecular formula is C14H11FN2O5. The van der Waals surface area contributed by atoms with E-state index in [1.54, 1.807) is 0 Å². The van der Waals surface area contributed by atoms with E-state index in [4.69, 9.17) is 4.74 Å². The van der Waals surface area contributed by atoms with E-state index in [-0.39, 0.29) is 22.9 Å². The van der Waals surface area contributed by atoms with Crippen molar-refractivity contribution in [3.05, 3.63) is 57.5 Å². The van der Waals surface area contributed by atoms with Crippen LogP contribution < -0.4 is 4.74 Å². The minimum atomic E-state index is -0.700. The molecule has 1 heterocycles.